The molecule has 108 valence electrons. The Kier molecular flexibility index (Phi) is 6.15. The molecule has 0 heterocycles. The highest BCUT2D eigenvalue weighted by Crippen LogP contribution is 2.20. The first kappa shape index (κ1) is 15.6. The van der Waals surface area contributed by atoms with Crippen LogP contribution in [0.15, 0.2) is 29.3 Å². The predicted octanol–water partition coefficient (Wildman–Crippen LogP) is 2.61. The van der Waals surface area contributed by atoms with Crippen molar-refractivity contribution in [2.24, 2.45) is 4.99 Å². The second kappa shape index (κ2) is 7.88. The fourth-order valence-corrected chi connectivity index (χ4v) is 1.45. The van der Waals surface area contributed by atoms with Crippen molar-refractivity contribution in [1.29, 1.82) is 0 Å². The van der Waals surface area contributed by atoms with Crippen LogP contribution in [0.25, 0.3) is 0 Å². The summed E-state index contributed by atoms with van der Waals surface area (Å²) in [5.74, 6) is -0.281. The fraction of sp³-hybridized carbons (Fsp3) is 0.385. The van der Waals surface area contributed by atoms with Crippen LogP contribution in [0.5, 0.6) is 0 Å². The van der Waals surface area contributed by atoms with Crippen LogP contribution in [0, 0.1) is 10.1 Å². The second-order valence-corrected chi connectivity index (χ2v) is 3.70. The summed E-state index contributed by atoms with van der Waals surface area (Å²) in [5.41, 5.74) is 0.283. The van der Waals surface area contributed by atoms with Gasteiger partial charge in [0.2, 0.25) is 0 Å². The molecule has 0 saturated carbocycles. The Bertz CT molecular complexity index is 513. The van der Waals surface area contributed by atoms with E-state index in [1.54, 1.807) is 19.9 Å². The third kappa shape index (κ3) is 5.05. The minimum atomic E-state index is -0.509. The van der Waals surface area contributed by atoms with E-state index in [1.807, 2.05) is 0 Å². The second-order valence-electron chi connectivity index (χ2n) is 3.70. The van der Waals surface area contributed by atoms with Gasteiger partial charge in [0, 0.05) is 12.1 Å². The predicted molar refractivity (Wildman–Crippen MR) is 73.1 cm³/mol. The topological polar surface area (TPSA) is 91.0 Å². The molecular weight excluding hydrogens is 264 g/mol. The van der Waals surface area contributed by atoms with Gasteiger partial charge in [-0.2, -0.15) is 0 Å². The van der Waals surface area contributed by atoms with Crippen molar-refractivity contribution < 1.29 is 19.2 Å². The number of esters is 1. The number of ether oxygens (including phenoxy) is 2. The Hall–Kier alpha value is -2.44. The molecule has 0 saturated heterocycles. The summed E-state index contributed by atoms with van der Waals surface area (Å²) >= 11 is 0. The zero-order chi connectivity index (χ0) is 15.0. The quantitative estimate of drug-likeness (QED) is 0.262. The molecule has 1 aromatic carbocycles. The van der Waals surface area contributed by atoms with Crippen LogP contribution >= 0.6 is 0 Å². The molecule has 7 nitrogen and oxygen atoms in total. The molecule has 1 rings (SSSR count). The van der Waals surface area contributed by atoms with Gasteiger partial charge in [-0.3, -0.25) is 14.9 Å². The normalized spacial score (nSPS) is 11.0. The summed E-state index contributed by atoms with van der Waals surface area (Å²) in [7, 11) is 0. The van der Waals surface area contributed by atoms with Crippen molar-refractivity contribution in [2.45, 2.75) is 20.3 Å². The number of carbonyl (C=O) groups is 1. The van der Waals surface area contributed by atoms with E-state index in [9.17, 15) is 14.9 Å². The Morgan fingerprint density at radius 2 is 2.00 bits per heavy atom. The lowest BCUT2D eigenvalue weighted by Crippen LogP contribution is -2.14. The lowest BCUT2D eigenvalue weighted by Gasteiger charge is -2.07. The highest BCUT2D eigenvalue weighted by Gasteiger charge is 2.11. The summed E-state index contributed by atoms with van der Waals surface area (Å²) in [6.07, 6.45) is -0.107. The summed E-state index contributed by atoms with van der Waals surface area (Å²) in [4.78, 5) is 25.7. The average Bonchev–Trinajstić information content (AvgIpc) is 2.39. The van der Waals surface area contributed by atoms with E-state index in [0.29, 0.717) is 12.3 Å². The maximum Gasteiger partial charge on any atom is 0.315 e. The number of hydrogen-bond donors (Lipinski definition) is 0. The first-order chi connectivity index (χ1) is 9.56. The molecule has 0 aromatic heterocycles. The Morgan fingerprint density at radius 3 is 2.60 bits per heavy atom. The molecule has 7 heteroatoms. The third-order valence-electron chi connectivity index (χ3n) is 2.21. The maximum atomic E-state index is 11.4. The van der Waals surface area contributed by atoms with E-state index in [0.717, 1.165) is 0 Å². The van der Waals surface area contributed by atoms with Crippen molar-refractivity contribution in [2.75, 3.05) is 13.2 Å². The summed E-state index contributed by atoms with van der Waals surface area (Å²) < 4.78 is 10.1. The molecule has 20 heavy (non-hydrogen) atoms. The van der Waals surface area contributed by atoms with Gasteiger partial charge in [0.1, 0.15) is 6.42 Å². The summed E-state index contributed by atoms with van der Waals surface area (Å²) in [6.45, 7) is 4.08. The largest absolute Gasteiger partial charge is 0.481 e. The molecule has 0 atom stereocenters. The van der Waals surface area contributed by atoms with E-state index >= 15 is 0 Å². The standard InChI is InChI=1S/C13H16N2O5/c1-3-19-12(9-13(16)20-4-2)14-10-6-5-7-11(8-10)15(17)18/h5-8H,3-4,9H2,1-2H3. The highest BCUT2D eigenvalue weighted by molar-refractivity contribution is 5.95. The van der Waals surface area contributed by atoms with Crippen LogP contribution in [0.1, 0.15) is 20.3 Å². The summed E-state index contributed by atoms with van der Waals surface area (Å²) in [6, 6.07) is 5.79. The number of rotatable bonds is 6. The number of nitro benzene ring substituents is 1. The Balaban J connectivity index is 2.92. The molecule has 0 amide bonds. The lowest BCUT2D eigenvalue weighted by atomic mass is 10.3. The lowest BCUT2D eigenvalue weighted by molar-refractivity contribution is -0.384. The van der Waals surface area contributed by atoms with Crippen molar-refractivity contribution in [3.8, 4) is 0 Å². The van der Waals surface area contributed by atoms with Crippen LogP contribution in [0.3, 0.4) is 0 Å². The Morgan fingerprint density at radius 1 is 1.30 bits per heavy atom. The first-order valence-electron chi connectivity index (χ1n) is 6.17. The van der Waals surface area contributed by atoms with Gasteiger partial charge in [-0.15, -0.1) is 0 Å². The van der Waals surface area contributed by atoms with Crippen molar-refractivity contribution in [3.05, 3.63) is 34.4 Å². The zero-order valence-corrected chi connectivity index (χ0v) is 11.4. The van der Waals surface area contributed by atoms with Gasteiger partial charge in [-0.05, 0) is 19.9 Å². The smallest absolute Gasteiger partial charge is 0.315 e. The van der Waals surface area contributed by atoms with Crippen LogP contribution in [-0.4, -0.2) is 30.0 Å². The van der Waals surface area contributed by atoms with E-state index in [1.165, 1.54) is 18.2 Å². The van der Waals surface area contributed by atoms with Crippen LogP contribution in [0.2, 0.25) is 0 Å². The molecule has 0 aliphatic carbocycles. The van der Waals surface area contributed by atoms with Gasteiger partial charge >= 0.3 is 5.97 Å². The van der Waals surface area contributed by atoms with Crippen LogP contribution < -0.4 is 0 Å². The molecule has 0 spiro atoms. The third-order valence-corrected chi connectivity index (χ3v) is 2.21. The zero-order valence-electron chi connectivity index (χ0n) is 11.4. The number of aliphatic imine (C=N–C) groups is 1. The van der Waals surface area contributed by atoms with E-state index < -0.39 is 10.9 Å². The van der Waals surface area contributed by atoms with Crippen LogP contribution in [0.4, 0.5) is 11.4 Å². The number of non-ortho nitro benzene ring substituents is 1. The van der Waals surface area contributed by atoms with Gasteiger partial charge < -0.3 is 9.47 Å². The van der Waals surface area contributed by atoms with Crippen LogP contribution in [-0.2, 0) is 14.3 Å². The number of carbonyl (C=O) groups excluding carboxylic acids is 1. The molecule has 1 aromatic rings. The maximum absolute atomic E-state index is 11.4. The fourth-order valence-electron chi connectivity index (χ4n) is 1.45. The molecule has 0 radical (unpaired) electrons. The molecule has 0 bridgehead atoms. The molecule has 0 unspecified atom stereocenters. The Labute approximate surface area is 116 Å². The minimum Gasteiger partial charge on any atom is -0.481 e. The van der Waals surface area contributed by atoms with Crippen molar-refractivity contribution >= 4 is 23.2 Å². The minimum absolute atomic E-state index is 0.0711. The average molecular weight is 280 g/mol. The summed E-state index contributed by atoms with van der Waals surface area (Å²) in [5, 5.41) is 10.7. The van der Waals surface area contributed by atoms with Gasteiger partial charge in [0.05, 0.1) is 23.8 Å². The van der Waals surface area contributed by atoms with Crippen molar-refractivity contribution in [1.82, 2.24) is 0 Å². The first-order valence-corrected chi connectivity index (χ1v) is 6.17. The van der Waals surface area contributed by atoms with Gasteiger partial charge in [-0.25, -0.2) is 4.99 Å². The number of hydrogen-bond acceptors (Lipinski definition) is 6. The van der Waals surface area contributed by atoms with E-state index in [-0.39, 0.29) is 24.6 Å². The van der Waals surface area contributed by atoms with E-state index in [2.05, 4.69) is 4.99 Å². The van der Waals surface area contributed by atoms with Gasteiger partial charge in [-0.1, -0.05) is 6.07 Å². The SMILES string of the molecule is CCOC(=O)CC(=Nc1cccc([N+](=O)[O-])c1)OCC. The highest BCUT2D eigenvalue weighted by atomic mass is 16.6. The molecular formula is C13H16N2O5. The van der Waals surface area contributed by atoms with E-state index in [4.69, 9.17) is 9.47 Å². The number of nitro groups is 1. The van der Waals surface area contributed by atoms with Gasteiger partial charge in [0.25, 0.3) is 5.69 Å². The number of benzene rings is 1. The van der Waals surface area contributed by atoms with Gasteiger partial charge in [0.15, 0.2) is 5.90 Å². The number of nitrogens with zero attached hydrogens (tertiary/aromatic N) is 2. The molecule has 0 aliphatic rings. The monoisotopic (exact) mass is 280 g/mol. The molecule has 0 aliphatic heterocycles. The molecule has 0 N–H and O–H groups in total. The molecule has 0 fully saturated rings. The van der Waals surface area contributed by atoms with Crippen molar-refractivity contribution in [3.63, 3.8) is 0 Å².